The smallest absolute Gasteiger partial charge is 0.427 e. The number of aromatic hydroxyl groups is 1. The molecule has 0 fully saturated rings. The molecule has 1 amide bonds. The predicted molar refractivity (Wildman–Crippen MR) is 62.9 cm³/mol. The highest BCUT2D eigenvalue weighted by molar-refractivity contribution is 6.31. The van der Waals surface area contributed by atoms with Gasteiger partial charge in [-0.25, -0.2) is 10.2 Å². The number of nitro groups is 1. The number of benzene rings is 1. The summed E-state index contributed by atoms with van der Waals surface area (Å²) in [4.78, 5) is 20.5. The van der Waals surface area contributed by atoms with Crippen molar-refractivity contribution >= 4 is 29.6 Å². The fraction of sp³-hybridized carbons (Fsp3) is 0.111. The lowest BCUT2D eigenvalue weighted by atomic mass is 10.2. The standard InChI is InChI=1S/C9H8ClN3O5/c1-18-9(15)12-11-4-5-2-6(10)3-7(8(5)14)13(16)17/h2-4,14H,1H3,(H,12,15)/b11-4-. The summed E-state index contributed by atoms with van der Waals surface area (Å²) in [5, 5.41) is 23.7. The maximum absolute atomic E-state index is 10.7. The Morgan fingerprint density at radius 2 is 2.33 bits per heavy atom. The van der Waals surface area contributed by atoms with E-state index in [1.807, 2.05) is 5.43 Å². The average Bonchev–Trinajstić information content (AvgIpc) is 2.32. The molecule has 18 heavy (non-hydrogen) atoms. The molecule has 0 atom stereocenters. The number of hydrogen-bond acceptors (Lipinski definition) is 6. The Morgan fingerprint density at radius 3 is 2.89 bits per heavy atom. The molecule has 0 aliphatic heterocycles. The van der Waals surface area contributed by atoms with Crippen LogP contribution in [0, 0.1) is 10.1 Å². The molecule has 0 unspecified atom stereocenters. The van der Waals surface area contributed by atoms with Crippen molar-refractivity contribution in [1.29, 1.82) is 0 Å². The van der Waals surface area contributed by atoms with Crippen LogP contribution in [-0.4, -0.2) is 29.4 Å². The number of methoxy groups -OCH3 is 1. The Balaban J connectivity index is 3.02. The van der Waals surface area contributed by atoms with E-state index in [1.165, 1.54) is 6.07 Å². The van der Waals surface area contributed by atoms with Crippen molar-refractivity contribution in [3.63, 3.8) is 0 Å². The first-order valence-electron chi connectivity index (χ1n) is 4.49. The van der Waals surface area contributed by atoms with Crippen LogP contribution in [0.3, 0.4) is 0 Å². The number of hydrogen-bond donors (Lipinski definition) is 2. The summed E-state index contributed by atoms with van der Waals surface area (Å²) in [6, 6.07) is 2.26. The fourth-order valence-corrected chi connectivity index (χ4v) is 1.26. The highest BCUT2D eigenvalue weighted by Gasteiger charge is 2.17. The van der Waals surface area contributed by atoms with Crippen LogP contribution in [0.1, 0.15) is 5.56 Å². The maximum atomic E-state index is 10.7. The van der Waals surface area contributed by atoms with Crippen molar-refractivity contribution in [3.05, 3.63) is 32.8 Å². The molecule has 1 aromatic carbocycles. The quantitative estimate of drug-likeness (QED) is 0.493. The summed E-state index contributed by atoms with van der Waals surface area (Å²) < 4.78 is 4.24. The molecular formula is C9H8ClN3O5. The van der Waals surface area contributed by atoms with E-state index in [9.17, 15) is 20.0 Å². The molecule has 8 nitrogen and oxygen atoms in total. The van der Waals surface area contributed by atoms with E-state index in [2.05, 4.69) is 9.84 Å². The SMILES string of the molecule is COC(=O)N/N=C\c1cc(Cl)cc([N+](=O)[O-])c1O. The minimum Gasteiger partial charge on any atom is -0.502 e. The lowest BCUT2D eigenvalue weighted by Crippen LogP contribution is -2.16. The zero-order valence-electron chi connectivity index (χ0n) is 9.08. The van der Waals surface area contributed by atoms with E-state index in [4.69, 9.17) is 11.6 Å². The van der Waals surface area contributed by atoms with Crippen molar-refractivity contribution in [2.75, 3.05) is 7.11 Å². The Kier molecular flexibility index (Phi) is 4.44. The number of phenolic OH excluding ortho intramolecular Hbond substituents is 1. The van der Waals surface area contributed by atoms with E-state index in [1.54, 1.807) is 0 Å². The van der Waals surface area contributed by atoms with Crippen LogP contribution in [0.2, 0.25) is 5.02 Å². The van der Waals surface area contributed by atoms with Crippen molar-refractivity contribution in [2.24, 2.45) is 5.10 Å². The average molecular weight is 274 g/mol. The number of carbonyl (C=O) groups excluding carboxylic acids is 1. The Morgan fingerprint density at radius 1 is 1.67 bits per heavy atom. The fourth-order valence-electron chi connectivity index (χ4n) is 1.04. The molecule has 9 heteroatoms. The number of nitrogens with one attached hydrogen (secondary N) is 1. The Bertz CT molecular complexity index is 517. The van der Waals surface area contributed by atoms with Gasteiger partial charge in [-0.05, 0) is 6.07 Å². The van der Waals surface area contributed by atoms with Crippen LogP contribution in [0.5, 0.6) is 5.75 Å². The van der Waals surface area contributed by atoms with Crippen molar-refractivity contribution in [2.45, 2.75) is 0 Å². The Hall–Kier alpha value is -2.35. The first kappa shape index (κ1) is 13.7. The van der Waals surface area contributed by atoms with Gasteiger partial charge in [-0.1, -0.05) is 11.6 Å². The van der Waals surface area contributed by atoms with Gasteiger partial charge in [0.1, 0.15) is 0 Å². The minimum atomic E-state index is -0.817. The van der Waals surface area contributed by atoms with Gasteiger partial charge in [-0.15, -0.1) is 0 Å². The second-order valence-corrected chi connectivity index (χ2v) is 3.42. The van der Waals surface area contributed by atoms with Gasteiger partial charge in [0.05, 0.1) is 18.2 Å². The molecule has 0 aromatic heterocycles. The molecule has 0 bridgehead atoms. The molecule has 0 aliphatic rings. The number of hydrazone groups is 1. The lowest BCUT2D eigenvalue weighted by molar-refractivity contribution is -0.385. The number of carbonyl (C=O) groups is 1. The third kappa shape index (κ3) is 3.32. The van der Waals surface area contributed by atoms with Gasteiger partial charge in [0.25, 0.3) is 0 Å². The molecule has 1 aromatic rings. The second-order valence-electron chi connectivity index (χ2n) is 2.98. The first-order valence-corrected chi connectivity index (χ1v) is 4.87. The van der Waals surface area contributed by atoms with Crippen LogP contribution >= 0.6 is 11.6 Å². The third-order valence-corrected chi connectivity index (χ3v) is 2.04. The molecule has 2 N–H and O–H groups in total. The van der Waals surface area contributed by atoms with Crippen LogP contribution in [0.15, 0.2) is 17.2 Å². The van der Waals surface area contributed by atoms with Gasteiger partial charge in [0.15, 0.2) is 0 Å². The molecule has 0 heterocycles. The van der Waals surface area contributed by atoms with Crippen LogP contribution in [-0.2, 0) is 4.74 Å². The molecule has 0 saturated heterocycles. The van der Waals surface area contributed by atoms with Crippen molar-refractivity contribution in [1.82, 2.24) is 5.43 Å². The highest BCUT2D eigenvalue weighted by Crippen LogP contribution is 2.32. The number of nitrogens with zero attached hydrogens (tertiary/aromatic N) is 2. The van der Waals surface area contributed by atoms with Gasteiger partial charge in [0, 0.05) is 16.7 Å². The number of nitro benzene ring substituents is 1. The largest absolute Gasteiger partial charge is 0.502 e. The predicted octanol–water partition coefficient (Wildman–Crippen LogP) is 1.64. The summed E-state index contributed by atoms with van der Waals surface area (Å²) >= 11 is 5.65. The van der Waals surface area contributed by atoms with Crippen LogP contribution in [0.25, 0.3) is 0 Å². The first-order chi connectivity index (χ1) is 8.45. The molecular weight excluding hydrogens is 266 g/mol. The van der Waals surface area contributed by atoms with E-state index < -0.39 is 22.5 Å². The molecule has 1 rings (SSSR count). The van der Waals surface area contributed by atoms with Gasteiger partial charge in [0.2, 0.25) is 5.75 Å². The summed E-state index contributed by atoms with van der Waals surface area (Å²) in [6.45, 7) is 0. The van der Waals surface area contributed by atoms with Gasteiger partial charge in [-0.2, -0.15) is 5.10 Å². The Labute approximate surface area is 106 Å². The topological polar surface area (TPSA) is 114 Å². The highest BCUT2D eigenvalue weighted by atomic mass is 35.5. The number of halogens is 1. The lowest BCUT2D eigenvalue weighted by Gasteiger charge is -2.01. The van der Waals surface area contributed by atoms with Crippen LogP contribution < -0.4 is 5.43 Å². The monoisotopic (exact) mass is 273 g/mol. The van der Waals surface area contributed by atoms with E-state index in [-0.39, 0.29) is 10.6 Å². The van der Waals surface area contributed by atoms with E-state index in [0.29, 0.717) is 0 Å². The van der Waals surface area contributed by atoms with Gasteiger partial charge in [-0.3, -0.25) is 10.1 Å². The molecule has 0 saturated carbocycles. The normalized spacial score (nSPS) is 10.3. The summed E-state index contributed by atoms with van der Waals surface area (Å²) in [7, 11) is 1.15. The van der Waals surface area contributed by atoms with Crippen molar-refractivity contribution in [3.8, 4) is 5.75 Å². The zero-order chi connectivity index (χ0) is 13.7. The van der Waals surface area contributed by atoms with Crippen molar-refractivity contribution < 1.29 is 19.6 Å². The van der Waals surface area contributed by atoms with Crippen LogP contribution in [0.4, 0.5) is 10.5 Å². The summed E-state index contributed by atoms with van der Waals surface area (Å²) in [5.74, 6) is -0.597. The number of phenols is 1. The summed E-state index contributed by atoms with van der Waals surface area (Å²) in [6.07, 6.45) is 0.188. The molecule has 0 aliphatic carbocycles. The molecule has 96 valence electrons. The van der Waals surface area contributed by atoms with Gasteiger partial charge < -0.3 is 9.84 Å². The third-order valence-electron chi connectivity index (χ3n) is 1.83. The summed E-state index contributed by atoms with van der Waals surface area (Å²) in [5.41, 5.74) is 1.40. The minimum absolute atomic E-state index is 0.00870. The number of amides is 1. The maximum Gasteiger partial charge on any atom is 0.427 e. The number of rotatable bonds is 3. The molecule has 0 radical (unpaired) electrons. The number of ether oxygens (including phenoxy) is 1. The zero-order valence-corrected chi connectivity index (χ0v) is 9.84. The van der Waals surface area contributed by atoms with Gasteiger partial charge >= 0.3 is 11.8 Å². The molecule has 0 spiro atoms. The van der Waals surface area contributed by atoms with E-state index in [0.717, 1.165) is 19.4 Å². The van der Waals surface area contributed by atoms with E-state index >= 15 is 0 Å². The second kappa shape index (κ2) is 5.82.